The van der Waals surface area contributed by atoms with E-state index in [1.165, 1.54) is 11.9 Å². The van der Waals surface area contributed by atoms with Crippen molar-refractivity contribution in [3.63, 3.8) is 0 Å². The van der Waals surface area contributed by atoms with E-state index in [0.29, 0.717) is 11.3 Å². The number of hydrogen-bond acceptors (Lipinski definition) is 6. The maximum atomic E-state index is 4.52. The van der Waals surface area contributed by atoms with Crippen molar-refractivity contribution < 1.29 is 0 Å². The van der Waals surface area contributed by atoms with Gasteiger partial charge in [0.05, 0.1) is 11.4 Å². The zero-order valence-electron chi connectivity index (χ0n) is 16.4. The number of nitrogens with one attached hydrogen (secondary N) is 2. The Morgan fingerprint density at radius 3 is 2.80 bits per heavy atom. The summed E-state index contributed by atoms with van der Waals surface area (Å²) in [5.74, 6) is 0.766. The van der Waals surface area contributed by atoms with Crippen LogP contribution in [0.25, 0.3) is 33.4 Å². The van der Waals surface area contributed by atoms with Crippen LogP contribution in [-0.2, 0) is 0 Å². The van der Waals surface area contributed by atoms with Crippen molar-refractivity contribution in [2.75, 3.05) is 5.32 Å². The number of aromatic nitrogens is 6. The quantitative estimate of drug-likeness (QED) is 0.517. The molecule has 1 aliphatic rings. The minimum Gasteiger partial charge on any atom is -0.339 e. The Morgan fingerprint density at radius 2 is 2.00 bits per heavy atom. The summed E-state index contributed by atoms with van der Waals surface area (Å²) in [6.45, 7) is 6.27. The number of rotatable bonds is 5. The van der Waals surface area contributed by atoms with Crippen LogP contribution in [0.15, 0.2) is 68.1 Å². The molecule has 0 atom stereocenters. The zero-order valence-corrected chi connectivity index (χ0v) is 16.4. The second kappa shape index (κ2) is 7.36. The first-order valence-corrected chi connectivity index (χ1v) is 9.59. The highest BCUT2D eigenvalue weighted by molar-refractivity contribution is 5.93. The molecule has 146 valence electrons. The summed E-state index contributed by atoms with van der Waals surface area (Å²) in [5, 5.41) is 11.6. The van der Waals surface area contributed by atoms with Crippen molar-refractivity contribution in [1.29, 1.82) is 0 Å². The van der Waals surface area contributed by atoms with Crippen molar-refractivity contribution in [2.24, 2.45) is 0 Å². The lowest BCUT2D eigenvalue weighted by atomic mass is 10.0. The first-order valence-electron chi connectivity index (χ1n) is 9.59. The molecule has 5 rings (SSSR count). The summed E-state index contributed by atoms with van der Waals surface area (Å²) in [4.78, 5) is 17.1. The number of pyridine rings is 2. The Labute approximate surface area is 173 Å². The third-order valence-electron chi connectivity index (χ3n) is 5.16. The standard InChI is InChI=1S/C23H19N7/c1-14-19(16-5-3-4-6-16)7-8-26-22(14)28-15(2)21-20-9-17(12-27-23(20)30-29-21)18-10-24-13-25-11-18/h3,5-13H,2,4H2,1H3,(H,26,28)(H,27,29,30). The predicted molar refractivity (Wildman–Crippen MR) is 118 cm³/mol. The summed E-state index contributed by atoms with van der Waals surface area (Å²) in [7, 11) is 0. The molecule has 0 radical (unpaired) electrons. The number of hydrogen-bond donors (Lipinski definition) is 2. The Bertz CT molecular complexity index is 1320. The van der Waals surface area contributed by atoms with E-state index >= 15 is 0 Å². The molecule has 1 aliphatic carbocycles. The van der Waals surface area contributed by atoms with Gasteiger partial charge in [-0.05, 0) is 42.2 Å². The minimum atomic E-state index is 0.619. The largest absolute Gasteiger partial charge is 0.339 e. The molecular weight excluding hydrogens is 374 g/mol. The van der Waals surface area contributed by atoms with Gasteiger partial charge in [0.25, 0.3) is 0 Å². The van der Waals surface area contributed by atoms with Gasteiger partial charge in [0.1, 0.15) is 12.1 Å². The molecule has 0 fully saturated rings. The van der Waals surface area contributed by atoms with E-state index in [0.717, 1.165) is 45.6 Å². The molecule has 4 aromatic heterocycles. The van der Waals surface area contributed by atoms with Crippen LogP contribution in [0.1, 0.15) is 23.2 Å². The predicted octanol–water partition coefficient (Wildman–Crippen LogP) is 4.54. The Hall–Kier alpha value is -4.13. The molecule has 2 N–H and O–H groups in total. The molecule has 30 heavy (non-hydrogen) atoms. The monoisotopic (exact) mass is 393 g/mol. The molecule has 0 unspecified atom stereocenters. The molecule has 0 amide bonds. The van der Waals surface area contributed by atoms with Crippen molar-refractivity contribution in [3.8, 4) is 11.1 Å². The van der Waals surface area contributed by atoms with E-state index in [-0.39, 0.29) is 0 Å². The molecule has 0 aliphatic heterocycles. The molecule has 4 aromatic rings. The van der Waals surface area contributed by atoms with Crippen LogP contribution in [-0.4, -0.2) is 30.1 Å². The van der Waals surface area contributed by atoms with Crippen molar-refractivity contribution in [3.05, 3.63) is 84.9 Å². The number of fused-ring (bicyclic) bond motifs is 1. The lowest BCUT2D eigenvalue weighted by Gasteiger charge is -2.13. The highest BCUT2D eigenvalue weighted by Gasteiger charge is 2.15. The highest BCUT2D eigenvalue weighted by atomic mass is 15.2. The Morgan fingerprint density at radius 1 is 1.13 bits per heavy atom. The summed E-state index contributed by atoms with van der Waals surface area (Å²) in [5.41, 5.74) is 7.31. The molecular formula is C23H19N7. The molecule has 7 heteroatoms. The van der Waals surface area contributed by atoms with Crippen LogP contribution in [0.5, 0.6) is 0 Å². The molecule has 0 bridgehead atoms. The number of aromatic amines is 1. The molecule has 0 aromatic carbocycles. The highest BCUT2D eigenvalue weighted by Crippen LogP contribution is 2.30. The topological polar surface area (TPSA) is 92.3 Å². The van der Waals surface area contributed by atoms with Crippen LogP contribution in [0, 0.1) is 6.92 Å². The number of anilines is 1. The van der Waals surface area contributed by atoms with E-state index in [9.17, 15) is 0 Å². The fraction of sp³-hybridized carbons (Fsp3) is 0.0870. The first-order chi connectivity index (χ1) is 14.7. The van der Waals surface area contributed by atoms with Gasteiger partial charge in [-0.15, -0.1) is 0 Å². The van der Waals surface area contributed by atoms with E-state index in [4.69, 9.17) is 0 Å². The van der Waals surface area contributed by atoms with E-state index in [2.05, 4.69) is 67.2 Å². The van der Waals surface area contributed by atoms with Crippen molar-refractivity contribution in [2.45, 2.75) is 13.3 Å². The summed E-state index contributed by atoms with van der Waals surface area (Å²) in [6, 6.07) is 4.05. The minimum absolute atomic E-state index is 0.619. The molecule has 0 saturated heterocycles. The summed E-state index contributed by atoms with van der Waals surface area (Å²) in [6.07, 6.45) is 16.1. The van der Waals surface area contributed by atoms with Crippen LogP contribution >= 0.6 is 0 Å². The average molecular weight is 393 g/mol. The second-order valence-corrected chi connectivity index (χ2v) is 7.05. The van der Waals surface area contributed by atoms with Crippen LogP contribution in [0.3, 0.4) is 0 Å². The second-order valence-electron chi connectivity index (χ2n) is 7.05. The van der Waals surface area contributed by atoms with E-state index in [1.807, 2.05) is 18.3 Å². The van der Waals surface area contributed by atoms with Gasteiger partial charge < -0.3 is 5.32 Å². The van der Waals surface area contributed by atoms with Gasteiger partial charge in [-0.25, -0.2) is 19.9 Å². The molecule has 0 spiro atoms. The first kappa shape index (κ1) is 17.9. The Kier molecular flexibility index (Phi) is 4.40. The molecule has 7 nitrogen and oxygen atoms in total. The fourth-order valence-corrected chi connectivity index (χ4v) is 3.57. The maximum Gasteiger partial charge on any atom is 0.181 e. The summed E-state index contributed by atoms with van der Waals surface area (Å²) < 4.78 is 0. The van der Waals surface area contributed by atoms with E-state index < -0.39 is 0 Å². The van der Waals surface area contributed by atoms with Gasteiger partial charge in [0.15, 0.2) is 5.65 Å². The van der Waals surface area contributed by atoms with Crippen molar-refractivity contribution >= 4 is 28.1 Å². The normalized spacial score (nSPS) is 12.9. The van der Waals surface area contributed by atoms with E-state index in [1.54, 1.807) is 18.6 Å². The Balaban J connectivity index is 1.49. The maximum absolute atomic E-state index is 4.52. The fourth-order valence-electron chi connectivity index (χ4n) is 3.57. The van der Waals surface area contributed by atoms with Gasteiger partial charge in [-0.2, -0.15) is 5.10 Å². The zero-order chi connectivity index (χ0) is 20.5. The van der Waals surface area contributed by atoms with Crippen LogP contribution in [0.2, 0.25) is 0 Å². The van der Waals surface area contributed by atoms with Gasteiger partial charge in [0.2, 0.25) is 0 Å². The van der Waals surface area contributed by atoms with Gasteiger partial charge in [-0.3, -0.25) is 5.10 Å². The molecule has 4 heterocycles. The number of nitrogens with zero attached hydrogens (tertiary/aromatic N) is 5. The van der Waals surface area contributed by atoms with Gasteiger partial charge >= 0.3 is 0 Å². The molecule has 0 saturated carbocycles. The van der Waals surface area contributed by atoms with Crippen LogP contribution in [0.4, 0.5) is 5.82 Å². The summed E-state index contributed by atoms with van der Waals surface area (Å²) >= 11 is 0. The van der Waals surface area contributed by atoms with Gasteiger partial charge in [-0.1, -0.05) is 24.8 Å². The lowest BCUT2D eigenvalue weighted by Crippen LogP contribution is -2.04. The number of allylic oxidation sites excluding steroid dienone is 4. The smallest absolute Gasteiger partial charge is 0.181 e. The number of H-pyrrole nitrogens is 1. The van der Waals surface area contributed by atoms with Crippen LogP contribution < -0.4 is 5.32 Å². The third kappa shape index (κ3) is 3.16. The SMILES string of the molecule is C=C(Nc1nccc(C2=CCC=C2)c1C)c1[nH]nc2ncc(-c3cncnc3)cc12. The lowest BCUT2D eigenvalue weighted by molar-refractivity contribution is 1.08. The average Bonchev–Trinajstić information content (AvgIpc) is 3.45. The van der Waals surface area contributed by atoms with Crippen molar-refractivity contribution in [1.82, 2.24) is 30.1 Å². The van der Waals surface area contributed by atoms with Gasteiger partial charge in [0, 0.05) is 41.3 Å². The third-order valence-corrected chi connectivity index (χ3v) is 5.16.